The van der Waals surface area contributed by atoms with Crippen LogP contribution in [0.2, 0.25) is 0 Å². The number of amides is 1. The molecule has 0 aliphatic rings. The summed E-state index contributed by atoms with van der Waals surface area (Å²) in [6.45, 7) is 3.20. The minimum absolute atomic E-state index is 0.0165. The van der Waals surface area contributed by atoms with Gasteiger partial charge in [-0.3, -0.25) is 9.59 Å². The first-order valence-electron chi connectivity index (χ1n) is 10.4. The van der Waals surface area contributed by atoms with Gasteiger partial charge in [0, 0.05) is 11.4 Å². The Morgan fingerprint density at radius 1 is 1.03 bits per heavy atom. The van der Waals surface area contributed by atoms with E-state index >= 15 is 0 Å². The number of aromatic nitrogens is 1. The van der Waals surface area contributed by atoms with Crippen LogP contribution in [0.25, 0.3) is 0 Å². The number of sulfone groups is 1. The zero-order chi connectivity index (χ0) is 25.1. The summed E-state index contributed by atoms with van der Waals surface area (Å²) in [6, 6.07) is 12.9. The first-order valence-corrected chi connectivity index (χ1v) is 12.1. The minimum atomic E-state index is -4.62. The topological polar surface area (TPSA) is 87.3 Å². The quantitative estimate of drug-likeness (QED) is 0.517. The summed E-state index contributed by atoms with van der Waals surface area (Å²) in [4.78, 5) is 29.3. The van der Waals surface area contributed by atoms with E-state index in [1.807, 2.05) is 0 Å². The number of nitrogens with one attached hydrogen (secondary N) is 1. The molecular weight excluding hydrogens is 469 g/mol. The summed E-state index contributed by atoms with van der Waals surface area (Å²) in [5.74, 6) is -0.805. The maximum atomic E-state index is 13.3. The normalized spacial score (nSPS) is 11.9. The molecule has 0 atom stereocenters. The number of rotatable bonds is 7. The van der Waals surface area contributed by atoms with Crippen LogP contribution in [0, 0.1) is 6.92 Å². The third-order valence-electron chi connectivity index (χ3n) is 5.11. The standard InChI is InChI=1S/C24H23F3N2O4S/c1-3-13-34(32,33)20-10-8-17(9-11-20)15-29(19-6-4-5-18(14-19)24(25,26)27)23(31)21-12-7-16(2)28-22(21)30/h4-12,14H,3,13,15H2,1-2H3,(H,28,30). The van der Waals surface area contributed by atoms with E-state index in [4.69, 9.17) is 0 Å². The summed E-state index contributed by atoms with van der Waals surface area (Å²) in [5.41, 5.74) is -0.891. The molecule has 0 bridgehead atoms. The number of aryl methyl sites for hydroxylation is 1. The lowest BCUT2D eigenvalue weighted by Gasteiger charge is -2.24. The van der Waals surface area contributed by atoms with Crippen molar-refractivity contribution in [2.45, 2.75) is 37.9 Å². The predicted octanol–water partition coefficient (Wildman–Crippen LogP) is 4.73. The van der Waals surface area contributed by atoms with Gasteiger partial charge in [0.2, 0.25) is 0 Å². The van der Waals surface area contributed by atoms with Crippen molar-refractivity contribution < 1.29 is 26.4 Å². The maximum Gasteiger partial charge on any atom is 0.416 e. The Hall–Kier alpha value is -3.40. The number of halogens is 3. The molecule has 1 N–H and O–H groups in total. The number of anilines is 1. The van der Waals surface area contributed by atoms with Gasteiger partial charge in [0.25, 0.3) is 11.5 Å². The van der Waals surface area contributed by atoms with Crippen LogP contribution in [0.4, 0.5) is 18.9 Å². The molecule has 0 radical (unpaired) electrons. The molecule has 0 saturated carbocycles. The zero-order valence-electron chi connectivity index (χ0n) is 18.5. The highest BCUT2D eigenvalue weighted by Crippen LogP contribution is 2.32. The number of carbonyl (C=O) groups is 1. The van der Waals surface area contributed by atoms with Gasteiger partial charge in [0.15, 0.2) is 9.84 Å². The molecule has 180 valence electrons. The summed E-state index contributed by atoms with van der Waals surface area (Å²) >= 11 is 0. The van der Waals surface area contributed by atoms with Crippen molar-refractivity contribution in [3.05, 3.63) is 93.4 Å². The molecule has 6 nitrogen and oxygen atoms in total. The van der Waals surface area contributed by atoms with Gasteiger partial charge in [-0.2, -0.15) is 13.2 Å². The van der Waals surface area contributed by atoms with Crippen molar-refractivity contribution in [2.75, 3.05) is 10.7 Å². The minimum Gasteiger partial charge on any atom is -0.326 e. The third-order valence-corrected chi connectivity index (χ3v) is 7.05. The van der Waals surface area contributed by atoms with Crippen molar-refractivity contribution in [3.8, 4) is 0 Å². The van der Waals surface area contributed by atoms with Crippen molar-refractivity contribution in [3.63, 3.8) is 0 Å². The number of alkyl halides is 3. The molecule has 0 aliphatic carbocycles. The number of nitrogens with zero attached hydrogens (tertiary/aromatic N) is 1. The molecule has 1 heterocycles. The number of hydrogen-bond donors (Lipinski definition) is 1. The maximum absolute atomic E-state index is 13.3. The molecule has 0 unspecified atom stereocenters. The summed E-state index contributed by atoms with van der Waals surface area (Å²) in [5, 5.41) is 0. The lowest BCUT2D eigenvalue weighted by Crippen LogP contribution is -2.34. The molecule has 0 fully saturated rings. The molecule has 2 aromatic carbocycles. The van der Waals surface area contributed by atoms with E-state index < -0.39 is 33.0 Å². The predicted molar refractivity (Wildman–Crippen MR) is 123 cm³/mol. The van der Waals surface area contributed by atoms with Crippen LogP contribution in [-0.2, 0) is 22.6 Å². The Balaban J connectivity index is 2.04. The van der Waals surface area contributed by atoms with Gasteiger partial charge in [-0.15, -0.1) is 0 Å². The fourth-order valence-corrected chi connectivity index (χ4v) is 4.71. The highest BCUT2D eigenvalue weighted by Gasteiger charge is 2.31. The summed E-state index contributed by atoms with van der Waals surface area (Å²) in [6.07, 6.45) is -4.17. The summed E-state index contributed by atoms with van der Waals surface area (Å²) in [7, 11) is -3.45. The van der Waals surface area contributed by atoms with E-state index in [-0.39, 0.29) is 28.4 Å². The second-order valence-corrected chi connectivity index (χ2v) is 9.90. The second-order valence-electron chi connectivity index (χ2n) is 7.79. The van der Waals surface area contributed by atoms with E-state index in [9.17, 15) is 31.2 Å². The molecule has 1 amide bonds. The monoisotopic (exact) mass is 492 g/mol. The molecule has 3 rings (SSSR count). The fourth-order valence-electron chi connectivity index (χ4n) is 3.39. The van der Waals surface area contributed by atoms with Crippen LogP contribution in [0.1, 0.15) is 40.5 Å². The number of benzene rings is 2. The highest BCUT2D eigenvalue weighted by molar-refractivity contribution is 7.91. The van der Waals surface area contributed by atoms with E-state index in [0.717, 1.165) is 17.0 Å². The smallest absolute Gasteiger partial charge is 0.326 e. The molecule has 3 aromatic rings. The Morgan fingerprint density at radius 2 is 1.71 bits per heavy atom. The average Bonchev–Trinajstić information content (AvgIpc) is 2.77. The van der Waals surface area contributed by atoms with Crippen LogP contribution >= 0.6 is 0 Å². The van der Waals surface area contributed by atoms with Gasteiger partial charge in [-0.05, 0) is 61.4 Å². The summed E-state index contributed by atoms with van der Waals surface area (Å²) < 4.78 is 64.4. The molecule has 0 saturated heterocycles. The van der Waals surface area contributed by atoms with Crippen molar-refractivity contribution >= 4 is 21.4 Å². The zero-order valence-corrected chi connectivity index (χ0v) is 19.3. The molecule has 34 heavy (non-hydrogen) atoms. The SMILES string of the molecule is CCCS(=O)(=O)c1ccc(CN(C(=O)c2ccc(C)[nH]c2=O)c2cccc(C(F)(F)F)c2)cc1. The average molecular weight is 493 g/mol. The molecular formula is C24H23F3N2O4S. The molecule has 1 aromatic heterocycles. The van der Waals surface area contributed by atoms with Crippen molar-refractivity contribution in [1.29, 1.82) is 0 Å². The van der Waals surface area contributed by atoms with Crippen LogP contribution < -0.4 is 10.5 Å². The van der Waals surface area contributed by atoms with Gasteiger partial charge in [0.05, 0.1) is 22.8 Å². The third kappa shape index (κ3) is 5.74. The number of H-pyrrole nitrogens is 1. The van der Waals surface area contributed by atoms with E-state index in [1.165, 1.54) is 48.5 Å². The number of hydrogen-bond acceptors (Lipinski definition) is 4. The Bertz CT molecular complexity index is 1350. The molecule has 0 aliphatic heterocycles. The van der Waals surface area contributed by atoms with Crippen LogP contribution in [0.15, 0.2) is 70.4 Å². The second kappa shape index (κ2) is 9.84. The number of pyridine rings is 1. The lowest BCUT2D eigenvalue weighted by molar-refractivity contribution is -0.137. The largest absolute Gasteiger partial charge is 0.416 e. The van der Waals surface area contributed by atoms with Gasteiger partial charge < -0.3 is 9.88 Å². The van der Waals surface area contributed by atoms with Gasteiger partial charge in [-0.25, -0.2) is 8.42 Å². The first kappa shape index (κ1) is 25.2. The highest BCUT2D eigenvalue weighted by atomic mass is 32.2. The molecule has 10 heteroatoms. The van der Waals surface area contributed by atoms with Gasteiger partial charge in [0.1, 0.15) is 5.56 Å². The van der Waals surface area contributed by atoms with Gasteiger partial charge >= 0.3 is 6.18 Å². The van der Waals surface area contributed by atoms with Crippen LogP contribution in [0.3, 0.4) is 0 Å². The van der Waals surface area contributed by atoms with Crippen LogP contribution in [-0.4, -0.2) is 25.1 Å². The Kier molecular flexibility index (Phi) is 7.30. The molecule has 0 spiro atoms. The van der Waals surface area contributed by atoms with Crippen molar-refractivity contribution in [2.24, 2.45) is 0 Å². The number of carbonyl (C=O) groups excluding carboxylic acids is 1. The Labute approximate surface area is 195 Å². The van der Waals surface area contributed by atoms with Crippen LogP contribution in [0.5, 0.6) is 0 Å². The van der Waals surface area contributed by atoms with E-state index in [0.29, 0.717) is 17.7 Å². The van der Waals surface area contributed by atoms with Gasteiger partial charge in [-0.1, -0.05) is 25.1 Å². The Morgan fingerprint density at radius 3 is 2.29 bits per heavy atom. The fraction of sp³-hybridized carbons (Fsp3) is 0.250. The first-order chi connectivity index (χ1) is 15.9. The van der Waals surface area contributed by atoms with Crippen molar-refractivity contribution in [1.82, 2.24) is 4.98 Å². The number of aromatic amines is 1. The van der Waals surface area contributed by atoms with E-state index in [2.05, 4.69) is 4.98 Å². The lowest BCUT2D eigenvalue weighted by atomic mass is 10.1. The van der Waals surface area contributed by atoms with E-state index in [1.54, 1.807) is 13.8 Å².